The van der Waals surface area contributed by atoms with E-state index in [0.717, 1.165) is 5.56 Å². The van der Waals surface area contributed by atoms with Crippen molar-refractivity contribution in [3.05, 3.63) is 35.4 Å². The van der Waals surface area contributed by atoms with Crippen LogP contribution >= 0.6 is 10.7 Å². The molecule has 106 valence electrons. The van der Waals surface area contributed by atoms with Gasteiger partial charge < -0.3 is 0 Å². The SMILES string of the molecule is CC1(C)CCC(c2ccc(CS(=O)(=O)Cl)cc2)CC1. The standard InChI is InChI=1S/C15H21ClO2S/c1-15(2)9-7-14(8-10-15)13-5-3-12(4-6-13)11-19(16,17)18/h3-6,14H,7-11H2,1-2H3. The minimum absolute atomic E-state index is 0.0907. The van der Waals surface area contributed by atoms with E-state index in [1.165, 1.54) is 31.2 Å². The van der Waals surface area contributed by atoms with Crippen molar-refractivity contribution in [2.45, 2.75) is 51.2 Å². The molecule has 2 nitrogen and oxygen atoms in total. The van der Waals surface area contributed by atoms with Gasteiger partial charge in [0.05, 0.1) is 5.75 Å². The molecule has 1 fully saturated rings. The van der Waals surface area contributed by atoms with Crippen LogP contribution in [0, 0.1) is 5.41 Å². The molecule has 1 aliphatic rings. The summed E-state index contributed by atoms with van der Waals surface area (Å²) in [7, 11) is 1.80. The molecule has 0 radical (unpaired) electrons. The van der Waals surface area contributed by atoms with Crippen LogP contribution in [-0.4, -0.2) is 8.42 Å². The molecule has 0 bridgehead atoms. The fraction of sp³-hybridized carbons (Fsp3) is 0.600. The monoisotopic (exact) mass is 300 g/mol. The van der Waals surface area contributed by atoms with E-state index in [0.29, 0.717) is 11.3 Å². The van der Waals surface area contributed by atoms with Gasteiger partial charge in [-0.2, -0.15) is 0 Å². The van der Waals surface area contributed by atoms with Gasteiger partial charge in [-0.15, -0.1) is 0 Å². The van der Waals surface area contributed by atoms with E-state index in [1.54, 1.807) is 0 Å². The summed E-state index contributed by atoms with van der Waals surface area (Å²) in [6.45, 7) is 4.66. The van der Waals surface area contributed by atoms with Crippen LogP contribution in [-0.2, 0) is 14.8 Å². The zero-order valence-corrected chi connectivity index (χ0v) is 13.1. The fourth-order valence-corrected chi connectivity index (χ4v) is 3.79. The average molecular weight is 301 g/mol. The molecule has 0 N–H and O–H groups in total. The highest BCUT2D eigenvalue weighted by molar-refractivity contribution is 8.13. The summed E-state index contributed by atoms with van der Waals surface area (Å²) in [6.07, 6.45) is 4.96. The maximum atomic E-state index is 11.0. The van der Waals surface area contributed by atoms with E-state index in [2.05, 4.69) is 26.0 Å². The molecule has 0 heterocycles. The van der Waals surface area contributed by atoms with Crippen molar-refractivity contribution >= 4 is 19.7 Å². The van der Waals surface area contributed by atoms with Crippen LogP contribution in [0.25, 0.3) is 0 Å². The third kappa shape index (κ3) is 4.50. The Morgan fingerprint density at radius 2 is 1.68 bits per heavy atom. The van der Waals surface area contributed by atoms with Gasteiger partial charge in [-0.3, -0.25) is 0 Å². The van der Waals surface area contributed by atoms with Crippen LogP contribution in [0.15, 0.2) is 24.3 Å². The summed E-state index contributed by atoms with van der Waals surface area (Å²) in [5.41, 5.74) is 2.56. The number of halogens is 1. The van der Waals surface area contributed by atoms with E-state index in [9.17, 15) is 8.42 Å². The minimum Gasteiger partial charge on any atom is -0.212 e. The van der Waals surface area contributed by atoms with Gasteiger partial charge in [0, 0.05) is 10.7 Å². The molecular formula is C15H21ClO2S. The highest BCUT2D eigenvalue weighted by Crippen LogP contribution is 2.42. The summed E-state index contributed by atoms with van der Waals surface area (Å²) in [6, 6.07) is 7.88. The van der Waals surface area contributed by atoms with Gasteiger partial charge >= 0.3 is 0 Å². The van der Waals surface area contributed by atoms with Crippen LogP contribution < -0.4 is 0 Å². The molecule has 1 aliphatic carbocycles. The highest BCUT2D eigenvalue weighted by atomic mass is 35.7. The smallest absolute Gasteiger partial charge is 0.212 e. The first kappa shape index (κ1) is 14.9. The number of benzene rings is 1. The first-order valence-corrected chi connectivity index (χ1v) is 9.24. The lowest BCUT2D eigenvalue weighted by atomic mass is 9.71. The molecule has 0 aromatic heterocycles. The van der Waals surface area contributed by atoms with Crippen molar-refractivity contribution in [2.24, 2.45) is 5.41 Å². The lowest BCUT2D eigenvalue weighted by Crippen LogP contribution is -2.20. The maximum Gasteiger partial charge on any atom is 0.236 e. The Balaban J connectivity index is 2.03. The van der Waals surface area contributed by atoms with Gasteiger partial charge in [-0.25, -0.2) is 8.42 Å². The first-order valence-electron chi connectivity index (χ1n) is 6.76. The molecule has 0 saturated heterocycles. The quantitative estimate of drug-likeness (QED) is 0.773. The van der Waals surface area contributed by atoms with Crippen molar-refractivity contribution in [2.75, 3.05) is 0 Å². The lowest BCUT2D eigenvalue weighted by Gasteiger charge is -2.34. The maximum absolute atomic E-state index is 11.0. The summed E-state index contributed by atoms with van der Waals surface area (Å²) < 4.78 is 22.0. The molecule has 1 saturated carbocycles. The molecule has 0 spiro atoms. The van der Waals surface area contributed by atoms with Gasteiger partial charge in [0.2, 0.25) is 9.05 Å². The topological polar surface area (TPSA) is 34.1 Å². The zero-order valence-electron chi connectivity index (χ0n) is 11.5. The zero-order chi connectivity index (χ0) is 14.1. The predicted octanol–water partition coefficient (Wildman–Crippen LogP) is 4.44. The van der Waals surface area contributed by atoms with Crippen LogP contribution in [0.5, 0.6) is 0 Å². The van der Waals surface area contributed by atoms with Gasteiger partial charge in [0.1, 0.15) is 0 Å². The molecule has 1 aromatic rings. The summed E-state index contributed by atoms with van der Waals surface area (Å²) in [4.78, 5) is 0. The number of rotatable bonds is 3. The Labute approximate surface area is 120 Å². The summed E-state index contributed by atoms with van der Waals surface area (Å²) in [5.74, 6) is 0.529. The molecule has 0 aliphatic heterocycles. The van der Waals surface area contributed by atoms with Crippen LogP contribution in [0.2, 0.25) is 0 Å². The van der Waals surface area contributed by atoms with Gasteiger partial charge in [-0.05, 0) is 48.1 Å². The van der Waals surface area contributed by atoms with Gasteiger partial charge in [-0.1, -0.05) is 38.1 Å². The fourth-order valence-electron chi connectivity index (χ4n) is 2.82. The summed E-state index contributed by atoms with van der Waals surface area (Å²) in [5, 5.41) is 0. The summed E-state index contributed by atoms with van der Waals surface area (Å²) >= 11 is 0. The first-order chi connectivity index (χ1) is 8.75. The third-order valence-corrected chi connectivity index (χ3v) is 5.13. The van der Waals surface area contributed by atoms with Crippen molar-refractivity contribution in [1.29, 1.82) is 0 Å². The molecule has 4 heteroatoms. The van der Waals surface area contributed by atoms with Gasteiger partial charge in [0.15, 0.2) is 0 Å². The normalized spacial score (nSPS) is 20.4. The lowest BCUT2D eigenvalue weighted by molar-refractivity contribution is 0.224. The highest BCUT2D eigenvalue weighted by Gasteiger charge is 2.27. The van der Waals surface area contributed by atoms with Crippen molar-refractivity contribution in [1.82, 2.24) is 0 Å². The van der Waals surface area contributed by atoms with Crippen LogP contribution in [0.1, 0.15) is 56.6 Å². The predicted molar refractivity (Wildman–Crippen MR) is 79.9 cm³/mol. The Morgan fingerprint density at radius 1 is 1.16 bits per heavy atom. The molecular weight excluding hydrogens is 280 g/mol. The van der Waals surface area contributed by atoms with E-state index < -0.39 is 9.05 Å². The van der Waals surface area contributed by atoms with Crippen molar-refractivity contribution < 1.29 is 8.42 Å². The Morgan fingerprint density at radius 3 is 2.16 bits per heavy atom. The Hall–Kier alpha value is -0.540. The molecule has 1 aromatic carbocycles. The second kappa shape index (κ2) is 5.45. The van der Waals surface area contributed by atoms with E-state index in [4.69, 9.17) is 10.7 Å². The van der Waals surface area contributed by atoms with E-state index in [1.807, 2.05) is 12.1 Å². The Kier molecular flexibility index (Phi) is 4.26. The van der Waals surface area contributed by atoms with Gasteiger partial charge in [0.25, 0.3) is 0 Å². The minimum atomic E-state index is -3.46. The second-order valence-electron chi connectivity index (χ2n) is 6.36. The van der Waals surface area contributed by atoms with Crippen LogP contribution in [0.4, 0.5) is 0 Å². The molecule has 2 rings (SSSR count). The number of hydrogen-bond acceptors (Lipinski definition) is 2. The largest absolute Gasteiger partial charge is 0.236 e. The molecule has 19 heavy (non-hydrogen) atoms. The molecule has 0 amide bonds. The second-order valence-corrected chi connectivity index (χ2v) is 9.14. The molecule has 0 unspecified atom stereocenters. The molecule has 0 atom stereocenters. The van der Waals surface area contributed by atoms with Crippen molar-refractivity contribution in [3.8, 4) is 0 Å². The van der Waals surface area contributed by atoms with Crippen LogP contribution in [0.3, 0.4) is 0 Å². The average Bonchev–Trinajstić information content (AvgIpc) is 2.28. The Bertz CT molecular complexity index is 522. The number of hydrogen-bond donors (Lipinski definition) is 0. The van der Waals surface area contributed by atoms with Crippen molar-refractivity contribution in [3.63, 3.8) is 0 Å². The van der Waals surface area contributed by atoms with E-state index in [-0.39, 0.29) is 5.75 Å². The third-order valence-electron chi connectivity index (χ3n) is 4.13. The van der Waals surface area contributed by atoms with E-state index >= 15 is 0 Å².